The average Bonchev–Trinajstić information content (AvgIpc) is 3.30. The maximum atomic E-state index is 12.6. The van der Waals surface area contributed by atoms with Gasteiger partial charge in [-0.25, -0.2) is 0 Å². The molecule has 0 aliphatic carbocycles. The van der Waals surface area contributed by atoms with Crippen LogP contribution in [0.4, 0.5) is 0 Å². The maximum Gasteiger partial charge on any atom is 0.274 e. The Morgan fingerprint density at radius 3 is 2.96 bits per heavy atom. The molecule has 1 aromatic heterocycles. The second-order valence-corrected chi connectivity index (χ2v) is 5.86. The monoisotopic (exact) mass is 329 g/mol. The van der Waals surface area contributed by atoms with Crippen molar-refractivity contribution in [1.82, 2.24) is 15.1 Å². The largest absolute Gasteiger partial charge is 0.487 e. The van der Waals surface area contributed by atoms with E-state index in [9.17, 15) is 4.79 Å². The van der Waals surface area contributed by atoms with Gasteiger partial charge in [-0.2, -0.15) is 5.10 Å². The maximum absolute atomic E-state index is 12.6. The normalized spacial score (nSPS) is 17.0. The highest BCUT2D eigenvalue weighted by atomic mass is 16.5. The number of hydrogen-bond acceptors (Lipinski definition) is 4. The number of nitrogens with one attached hydrogen (secondary N) is 1. The second kappa shape index (κ2) is 7.97. The molecule has 0 unspecified atom stereocenters. The van der Waals surface area contributed by atoms with Crippen LogP contribution in [0.2, 0.25) is 0 Å². The van der Waals surface area contributed by atoms with Crippen LogP contribution >= 0.6 is 0 Å². The summed E-state index contributed by atoms with van der Waals surface area (Å²) < 4.78 is 11.3. The molecular weight excluding hydrogens is 306 g/mol. The van der Waals surface area contributed by atoms with E-state index in [1.54, 1.807) is 11.0 Å². The first-order chi connectivity index (χ1) is 11.8. The van der Waals surface area contributed by atoms with E-state index < -0.39 is 0 Å². The first-order valence-electron chi connectivity index (χ1n) is 8.39. The number of nitrogens with zero attached hydrogens (tertiary/aromatic N) is 2. The number of para-hydroxylation sites is 1. The number of carbonyl (C=O) groups excluding carboxylic acids is 1. The number of carbonyl (C=O) groups is 1. The molecular formula is C18H23N3O3. The van der Waals surface area contributed by atoms with Gasteiger partial charge in [0.25, 0.3) is 5.91 Å². The Hall–Kier alpha value is -2.34. The van der Waals surface area contributed by atoms with E-state index in [0.29, 0.717) is 25.4 Å². The predicted molar refractivity (Wildman–Crippen MR) is 89.9 cm³/mol. The van der Waals surface area contributed by atoms with Gasteiger partial charge >= 0.3 is 0 Å². The van der Waals surface area contributed by atoms with Gasteiger partial charge in [-0.3, -0.25) is 9.89 Å². The Bertz CT molecular complexity index is 651. The average molecular weight is 329 g/mol. The van der Waals surface area contributed by atoms with Crippen molar-refractivity contribution in [2.24, 2.45) is 0 Å². The number of hydrogen-bond donors (Lipinski definition) is 1. The van der Waals surface area contributed by atoms with Gasteiger partial charge in [0.05, 0.1) is 11.8 Å². The molecule has 2 aromatic rings. The zero-order valence-electron chi connectivity index (χ0n) is 13.9. The standard InChI is InChI=1S/C18H23N3O3/c1-2-21(12-16-9-6-10-23-16)18(22)17-11-14(19-20-17)13-24-15-7-4-3-5-8-15/h3-5,7-8,11,16H,2,6,9-10,12-13H2,1H3,(H,19,20)/t16-/m0/s1. The Morgan fingerprint density at radius 2 is 2.25 bits per heavy atom. The van der Waals surface area contributed by atoms with E-state index >= 15 is 0 Å². The zero-order valence-corrected chi connectivity index (χ0v) is 13.9. The van der Waals surface area contributed by atoms with E-state index in [-0.39, 0.29) is 12.0 Å². The van der Waals surface area contributed by atoms with Gasteiger partial charge in [0, 0.05) is 19.7 Å². The fourth-order valence-electron chi connectivity index (χ4n) is 2.77. The molecule has 24 heavy (non-hydrogen) atoms. The topological polar surface area (TPSA) is 67.4 Å². The van der Waals surface area contributed by atoms with Crippen molar-refractivity contribution in [3.8, 4) is 5.75 Å². The minimum absolute atomic E-state index is 0.0739. The molecule has 2 heterocycles. The van der Waals surface area contributed by atoms with Crippen molar-refractivity contribution < 1.29 is 14.3 Å². The van der Waals surface area contributed by atoms with E-state index in [4.69, 9.17) is 9.47 Å². The van der Waals surface area contributed by atoms with Gasteiger partial charge in [0.2, 0.25) is 0 Å². The van der Waals surface area contributed by atoms with Crippen LogP contribution in [0.3, 0.4) is 0 Å². The Kier molecular flexibility index (Phi) is 5.48. The van der Waals surface area contributed by atoms with Gasteiger partial charge in [-0.1, -0.05) is 18.2 Å². The van der Waals surface area contributed by atoms with Crippen LogP contribution in [0.15, 0.2) is 36.4 Å². The summed E-state index contributed by atoms with van der Waals surface area (Å²) in [5.41, 5.74) is 1.19. The first kappa shape index (κ1) is 16.5. The lowest BCUT2D eigenvalue weighted by atomic mass is 10.2. The molecule has 1 aromatic carbocycles. The second-order valence-electron chi connectivity index (χ2n) is 5.86. The van der Waals surface area contributed by atoms with Gasteiger partial charge in [-0.15, -0.1) is 0 Å². The number of aromatic amines is 1. The highest BCUT2D eigenvalue weighted by molar-refractivity contribution is 5.92. The summed E-state index contributed by atoms with van der Waals surface area (Å²) in [7, 11) is 0. The van der Waals surface area contributed by atoms with E-state index in [1.165, 1.54) is 0 Å². The summed E-state index contributed by atoms with van der Waals surface area (Å²) in [6.45, 7) is 4.38. The molecule has 1 saturated heterocycles. The highest BCUT2D eigenvalue weighted by Gasteiger charge is 2.23. The third-order valence-corrected chi connectivity index (χ3v) is 4.10. The zero-order chi connectivity index (χ0) is 16.8. The SMILES string of the molecule is CCN(C[C@@H]1CCCO1)C(=O)c1cc(COc2ccccc2)[nH]n1. The van der Waals surface area contributed by atoms with Crippen molar-refractivity contribution in [3.05, 3.63) is 47.8 Å². The van der Waals surface area contributed by atoms with Gasteiger partial charge in [0.1, 0.15) is 12.4 Å². The summed E-state index contributed by atoms with van der Waals surface area (Å²) in [5, 5.41) is 7.01. The van der Waals surface area contributed by atoms with Crippen LogP contribution in [-0.2, 0) is 11.3 Å². The number of H-pyrrole nitrogens is 1. The molecule has 1 aliphatic rings. The number of rotatable bonds is 7. The van der Waals surface area contributed by atoms with Crippen LogP contribution < -0.4 is 4.74 Å². The van der Waals surface area contributed by atoms with E-state index in [0.717, 1.165) is 30.9 Å². The Balaban J connectivity index is 1.57. The van der Waals surface area contributed by atoms with Crippen LogP contribution in [0, 0.1) is 0 Å². The number of amides is 1. The van der Waals surface area contributed by atoms with Crippen molar-refractivity contribution in [1.29, 1.82) is 0 Å². The molecule has 6 heteroatoms. The number of benzene rings is 1. The molecule has 128 valence electrons. The fraction of sp³-hybridized carbons (Fsp3) is 0.444. The number of likely N-dealkylation sites (N-methyl/N-ethyl adjacent to an activating group) is 1. The number of aromatic nitrogens is 2. The van der Waals surface area contributed by atoms with Crippen LogP contribution in [0.5, 0.6) is 5.75 Å². The van der Waals surface area contributed by atoms with Gasteiger partial charge in [-0.05, 0) is 38.0 Å². The molecule has 0 saturated carbocycles. The van der Waals surface area contributed by atoms with Gasteiger partial charge in [0.15, 0.2) is 5.69 Å². The molecule has 0 bridgehead atoms. The van der Waals surface area contributed by atoms with Crippen molar-refractivity contribution in [2.45, 2.75) is 32.5 Å². The number of ether oxygens (including phenoxy) is 2. The molecule has 1 atom stereocenters. The third-order valence-electron chi connectivity index (χ3n) is 4.10. The molecule has 1 aliphatic heterocycles. The van der Waals surface area contributed by atoms with Gasteiger partial charge < -0.3 is 14.4 Å². The molecule has 6 nitrogen and oxygen atoms in total. The molecule has 1 fully saturated rings. The van der Waals surface area contributed by atoms with Crippen molar-refractivity contribution >= 4 is 5.91 Å². The first-order valence-corrected chi connectivity index (χ1v) is 8.39. The summed E-state index contributed by atoms with van der Waals surface area (Å²) in [6.07, 6.45) is 2.23. The molecule has 1 amide bonds. The molecule has 1 N–H and O–H groups in total. The predicted octanol–water partition coefficient (Wildman–Crippen LogP) is 2.63. The molecule has 0 radical (unpaired) electrons. The lowest BCUT2D eigenvalue weighted by molar-refractivity contribution is 0.0535. The molecule has 3 rings (SSSR count). The van der Waals surface area contributed by atoms with Crippen LogP contribution in [-0.4, -0.2) is 46.8 Å². The van der Waals surface area contributed by atoms with Crippen LogP contribution in [0.1, 0.15) is 35.9 Å². The summed E-state index contributed by atoms with van der Waals surface area (Å²) in [5.74, 6) is 0.712. The Labute approximate surface area is 141 Å². The highest BCUT2D eigenvalue weighted by Crippen LogP contribution is 2.15. The molecule has 0 spiro atoms. The van der Waals surface area contributed by atoms with Crippen molar-refractivity contribution in [3.63, 3.8) is 0 Å². The van der Waals surface area contributed by atoms with Crippen molar-refractivity contribution in [2.75, 3.05) is 19.7 Å². The van der Waals surface area contributed by atoms with E-state index in [2.05, 4.69) is 10.2 Å². The Morgan fingerprint density at radius 1 is 1.42 bits per heavy atom. The van der Waals surface area contributed by atoms with Crippen LogP contribution in [0.25, 0.3) is 0 Å². The summed E-state index contributed by atoms with van der Waals surface area (Å²) in [4.78, 5) is 14.4. The minimum Gasteiger partial charge on any atom is -0.487 e. The summed E-state index contributed by atoms with van der Waals surface area (Å²) >= 11 is 0. The minimum atomic E-state index is -0.0739. The third kappa shape index (κ3) is 4.14. The smallest absolute Gasteiger partial charge is 0.274 e. The van der Waals surface area contributed by atoms with E-state index in [1.807, 2.05) is 37.3 Å². The lowest BCUT2D eigenvalue weighted by Crippen LogP contribution is -2.37. The fourth-order valence-corrected chi connectivity index (χ4v) is 2.77. The summed E-state index contributed by atoms with van der Waals surface area (Å²) in [6, 6.07) is 11.3. The quantitative estimate of drug-likeness (QED) is 0.848. The lowest BCUT2D eigenvalue weighted by Gasteiger charge is -2.23.